The summed E-state index contributed by atoms with van der Waals surface area (Å²) in [6, 6.07) is -0.126. The molecule has 1 aromatic rings. The van der Waals surface area contributed by atoms with Crippen LogP contribution in [0.1, 0.15) is 57.8 Å². The Labute approximate surface area is 90.2 Å². The second-order valence-electron chi connectivity index (χ2n) is 4.93. The molecule has 0 amide bonds. The highest BCUT2D eigenvalue weighted by atomic mass is 16.5. The number of nitrogens with two attached hydrogens (primary N) is 1. The van der Waals surface area contributed by atoms with Gasteiger partial charge in [0.25, 0.3) is 0 Å². The normalized spacial score (nSPS) is 22.4. The Bertz CT molecular complexity index is 343. The Hall–Kier alpha value is -0.900. The van der Waals surface area contributed by atoms with Crippen molar-refractivity contribution < 1.29 is 4.52 Å². The number of hydrogen-bond donors (Lipinski definition) is 1. The largest absolute Gasteiger partial charge is 0.338 e. The molecule has 2 rings (SSSR count). The molecule has 1 aromatic heterocycles. The molecule has 4 nitrogen and oxygen atoms in total. The van der Waals surface area contributed by atoms with Crippen molar-refractivity contribution in [2.45, 2.75) is 51.5 Å². The van der Waals surface area contributed by atoms with Crippen LogP contribution in [0.5, 0.6) is 0 Å². The second kappa shape index (κ2) is 3.59. The van der Waals surface area contributed by atoms with Gasteiger partial charge < -0.3 is 10.3 Å². The molecule has 1 saturated carbocycles. The van der Waals surface area contributed by atoms with E-state index >= 15 is 0 Å². The maximum Gasteiger partial charge on any atom is 0.243 e. The van der Waals surface area contributed by atoms with Gasteiger partial charge in [0.15, 0.2) is 5.82 Å². The Morgan fingerprint density at radius 3 is 2.73 bits per heavy atom. The van der Waals surface area contributed by atoms with Crippen molar-refractivity contribution in [3.05, 3.63) is 11.7 Å². The van der Waals surface area contributed by atoms with Gasteiger partial charge in [-0.3, -0.25) is 0 Å². The van der Waals surface area contributed by atoms with Crippen molar-refractivity contribution in [2.75, 3.05) is 0 Å². The van der Waals surface area contributed by atoms with E-state index in [4.69, 9.17) is 10.3 Å². The van der Waals surface area contributed by atoms with E-state index in [1.165, 1.54) is 0 Å². The van der Waals surface area contributed by atoms with Crippen LogP contribution >= 0.6 is 0 Å². The molecule has 2 N–H and O–H groups in total. The summed E-state index contributed by atoms with van der Waals surface area (Å²) in [4.78, 5) is 4.41. The smallest absolute Gasteiger partial charge is 0.243 e. The van der Waals surface area contributed by atoms with Crippen LogP contribution in [0.4, 0.5) is 0 Å². The summed E-state index contributed by atoms with van der Waals surface area (Å²) in [6.07, 6.45) is 3.34. The quantitative estimate of drug-likeness (QED) is 0.825. The first-order chi connectivity index (χ1) is 7.07. The van der Waals surface area contributed by atoms with Crippen LogP contribution in [0.25, 0.3) is 0 Å². The number of hydrogen-bond acceptors (Lipinski definition) is 4. The van der Waals surface area contributed by atoms with E-state index in [9.17, 15) is 0 Å². The van der Waals surface area contributed by atoms with Crippen LogP contribution in [0.2, 0.25) is 0 Å². The van der Waals surface area contributed by atoms with Gasteiger partial charge in [-0.1, -0.05) is 32.3 Å². The van der Waals surface area contributed by atoms with Gasteiger partial charge in [0.1, 0.15) is 0 Å². The Morgan fingerprint density at radius 2 is 2.20 bits per heavy atom. The van der Waals surface area contributed by atoms with Crippen LogP contribution in [0, 0.1) is 5.92 Å². The van der Waals surface area contributed by atoms with E-state index in [1.807, 2.05) is 0 Å². The zero-order valence-electron chi connectivity index (χ0n) is 9.66. The fourth-order valence-corrected chi connectivity index (χ4v) is 1.52. The summed E-state index contributed by atoms with van der Waals surface area (Å²) < 4.78 is 5.23. The third-order valence-corrected chi connectivity index (χ3v) is 3.52. The van der Waals surface area contributed by atoms with Crippen LogP contribution in [0.3, 0.4) is 0 Å². The van der Waals surface area contributed by atoms with E-state index in [2.05, 4.69) is 30.9 Å². The third kappa shape index (κ3) is 1.91. The fourth-order valence-electron chi connectivity index (χ4n) is 1.52. The van der Waals surface area contributed by atoms with Crippen molar-refractivity contribution >= 4 is 0 Å². The van der Waals surface area contributed by atoms with Gasteiger partial charge in [0.2, 0.25) is 5.89 Å². The average Bonchev–Trinajstić information content (AvgIpc) is 2.83. The van der Waals surface area contributed by atoms with Crippen molar-refractivity contribution in [1.82, 2.24) is 10.1 Å². The van der Waals surface area contributed by atoms with Gasteiger partial charge in [0, 0.05) is 5.41 Å². The van der Waals surface area contributed by atoms with Crippen LogP contribution in [0.15, 0.2) is 4.52 Å². The van der Waals surface area contributed by atoms with Gasteiger partial charge in [-0.25, -0.2) is 0 Å². The zero-order chi connectivity index (χ0) is 11.1. The molecule has 0 bridgehead atoms. The molecule has 2 atom stereocenters. The van der Waals surface area contributed by atoms with Crippen LogP contribution in [-0.4, -0.2) is 10.1 Å². The SMILES string of the molecule is CCC(C)[C@H](N)c1nc(C2(C)CC2)no1. The predicted octanol–water partition coefficient (Wildman–Crippen LogP) is 2.17. The Kier molecular flexibility index (Phi) is 2.54. The molecule has 84 valence electrons. The molecule has 0 radical (unpaired) electrons. The first kappa shape index (κ1) is 10.6. The van der Waals surface area contributed by atoms with E-state index in [1.54, 1.807) is 0 Å². The predicted molar refractivity (Wildman–Crippen MR) is 57.3 cm³/mol. The molecule has 1 fully saturated rings. The lowest BCUT2D eigenvalue weighted by molar-refractivity contribution is 0.309. The standard InChI is InChI=1S/C11H19N3O/c1-4-7(2)8(12)9-13-10(14-15-9)11(3)5-6-11/h7-8H,4-6,12H2,1-3H3/t7?,8-/m0/s1. The summed E-state index contributed by atoms with van der Waals surface area (Å²) >= 11 is 0. The molecule has 1 unspecified atom stereocenters. The lowest BCUT2D eigenvalue weighted by Gasteiger charge is -2.13. The summed E-state index contributed by atoms with van der Waals surface area (Å²) in [5.41, 5.74) is 6.19. The van der Waals surface area contributed by atoms with Crippen LogP contribution in [-0.2, 0) is 5.41 Å². The first-order valence-corrected chi connectivity index (χ1v) is 5.66. The summed E-state index contributed by atoms with van der Waals surface area (Å²) in [6.45, 7) is 6.38. The van der Waals surface area contributed by atoms with Gasteiger partial charge >= 0.3 is 0 Å². The number of rotatable bonds is 4. The maximum absolute atomic E-state index is 6.03. The summed E-state index contributed by atoms with van der Waals surface area (Å²) in [5.74, 6) is 1.80. The maximum atomic E-state index is 6.03. The monoisotopic (exact) mass is 209 g/mol. The van der Waals surface area contributed by atoms with Crippen molar-refractivity contribution in [1.29, 1.82) is 0 Å². The number of nitrogens with zero attached hydrogens (tertiary/aromatic N) is 2. The zero-order valence-corrected chi connectivity index (χ0v) is 9.66. The fraction of sp³-hybridized carbons (Fsp3) is 0.818. The number of aromatic nitrogens is 2. The van der Waals surface area contributed by atoms with E-state index < -0.39 is 0 Å². The average molecular weight is 209 g/mol. The Morgan fingerprint density at radius 1 is 1.53 bits per heavy atom. The topological polar surface area (TPSA) is 64.9 Å². The van der Waals surface area contributed by atoms with Gasteiger partial charge in [-0.2, -0.15) is 4.98 Å². The van der Waals surface area contributed by atoms with Gasteiger partial charge in [-0.05, 0) is 18.8 Å². The van der Waals surface area contributed by atoms with Crippen molar-refractivity contribution in [2.24, 2.45) is 11.7 Å². The molecule has 4 heteroatoms. The molecule has 1 aliphatic rings. The van der Waals surface area contributed by atoms with E-state index in [-0.39, 0.29) is 11.5 Å². The molecule has 1 heterocycles. The van der Waals surface area contributed by atoms with Gasteiger partial charge in [-0.15, -0.1) is 0 Å². The molecule has 0 aliphatic heterocycles. The first-order valence-electron chi connectivity index (χ1n) is 5.66. The highest BCUT2D eigenvalue weighted by Gasteiger charge is 2.43. The van der Waals surface area contributed by atoms with Gasteiger partial charge in [0.05, 0.1) is 6.04 Å². The molecule has 1 aliphatic carbocycles. The van der Waals surface area contributed by atoms with E-state index in [0.717, 1.165) is 25.1 Å². The minimum atomic E-state index is -0.126. The molecule has 0 aromatic carbocycles. The van der Waals surface area contributed by atoms with Crippen molar-refractivity contribution in [3.63, 3.8) is 0 Å². The minimum absolute atomic E-state index is 0.126. The second-order valence-corrected chi connectivity index (χ2v) is 4.93. The van der Waals surface area contributed by atoms with Crippen LogP contribution < -0.4 is 5.73 Å². The lowest BCUT2D eigenvalue weighted by Crippen LogP contribution is -2.19. The molecule has 0 spiro atoms. The Balaban J connectivity index is 2.13. The van der Waals surface area contributed by atoms with E-state index in [0.29, 0.717) is 11.8 Å². The summed E-state index contributed by atoms with van der Waals surface area (Å²) in [7, 11) is 0. The third-order valence-electron chi connectivity index (χ3n) is 3.52. The molecular weight excluding hydrogens is 190 g/mol. The molecule has 15 heavy (non-hydrogen) atoms. The highest BCUT2D eigenvalue weighted by molar-refractivity contribution is 5.14. The highest BCUT2D eigenvalue weighted by Crippen LogP contribution is 2.46. The van der Waals surface area contributed by atoms with Crippen molar-refractivity contribution in [3.8, 4) is 0 Å². The molecular formula is C11H19N3O. The molecule has 0 saturated heterocycles. The lowest BCUT2D eigenvalue weighted by atomic mass is 10.0. The minimum Gasteiger partial charge on any atom is -0.338 e. The summed E-state index contributed by atoms with van der Waals surface area (Å²) in [5, 5.41) is 4.02.